The first-order valence-corrected chi connectivity index (χ1v) is 8.88. The number of hydrogen-bond acceptors (Lipinski definition) is 4. The fourth-order valence-electron chi connectivity index (χ4n) is 4.10. The van der Waals surface area contributed by atoms with Crippen molar-refractivity contribution >= 4 is 29.3 Å². The molecule has 3 aliphatic rings. The van der Waals surface area contributed by atoms with Crippen LogP contribution in [0.25, 0.3) is 0 Å². The molecule has 3 fully saturated rings. The number of nitrogens with two attached hydrogens (primary N) is 1. The summed E-state index contributed by atoms with van der Waals surface area (Å²) in [6.07, 6.45) is 1.06. The average Bonchev–Trinajstić information content (AvgIpc) is 3.20. The van der Waals surface area contributed by atoms with Gasteiger partial charge >= 0.3 is 0 Å². The molecule has 0 spiro atoms. The molecule has 7 nitrogen and oxygen atoms in total. The van der Waals surface area contributed by atoms with Crippen molar-refractivity contribution in [3.8, 4) is 0 Å². The van der Waals surface area contributed by atoms with Crippen molar-refractivity contribution < 1.29 is 18.8 Å². The topological polar surface area (TPSA) is 95.7 Å². The average molecular weight is 381 g/mol. The maximum absolute atomic E-state index is 13.3. The second-order valence-electron chi connectivity index (χ2n) is 6.90. The summed E-state index contributed by atoms with van der Waals surface area (Å²) in [5.74, 6) is -1.40. The quantitative estimate of drug-likeness (QED) is 0.761. The van der Waals surface area contributed by atoms with E-state index in [1.807, 2.05) is 0 Å². The van der Waals surface area contributed by atoms with Gasteiger partial charge in [-0.15, -0.1) is 0 Å². The van der Waals surface area contributed by atoms with Crippen molar-refractivity contribution in [2.24, 2.45) is 5.73 Å². The van der Waals surface area contributed by atoms with Gasteiger partial charge in [-0.1, -0.05) is 11.6 Å². The SMILES string of the molecule is NC1CCN2C(=O)C3C(NC(=O)c4ccc(F)c(Cl)c4)CCN3C(=O)C12. The molecule has 3 amide bonds. The number of hydrogen-bond donors (Lipinski definition) is 2. The number of nitrogens with one attached hydrogen (secondary N) is 1. The Morgan fingerprint density at radius 3 is 2.54 bits per heavy atom. The van der Waals surface area contributed by atoms with Crippen LogP contribution in [0, 0.1) is 5.82 Å². The van der Waals surface area contributed by atoms with Gasteiger partial charge in [-0.3, -0.25) is 14.4 Å². The van der Waals surface area contributed by atoms with Crippen LogP contribution in [0.5, 0.6) is 0 Å². The van der Waals surface area contributed by atoms with Crippen molar-refractivity contribution in [1.29, 1.82) is 0 Å². The molecule has 138 valence electrons. The first kappa shape index (κ1) is 17.2. The van der Waals surface area contributed by atoms with E-state index in [-0.39, 0.29) is 28.4 Å². The van der Waals surface area contributed by atoms with E-state index in [4.69, 9.17) is 17.3 Å². The van der Waals surface area contributed by atoms with Crippen LogP contribution in [0.1, 0.15) is 23.2 Å². The third-order valence-corrected chi connectivity index (χ3v) is 5.70. The molecule has 1 aromatic carbocycles. The third kappa shape index (κ3) is 2.55. The lowest BCUT2D eigenvalue weighted by Gasteiger charge is -2.41. The fraction of sp³-hybridized carbons (Fsp3) is 0.471. The smallest absolute Gasteiger partial charge is 0.251 e. The minimum absolute atomic E-state index is 0.150. The van der Waals surface area contributed by atoms with Gasteiger partial charge in [0.1, 0.15) is 17.9 Å². The molecule has 0 saturated carbocycles. The van der Waals surface area contributed by atoms with Crippen LogP contribution in [-0.2, 0) is 9.59 Å². The van der Waals surface area contributed by atoms with Crippen molar-refractivity contribution in [2.75, 3.05) is 13.1 Å². The van der Waals surface area contributed by atoms with E-state index in [1.54, 1.807) is 0 Å². The number of halogens is 2. The molecule has 3 N–H and O–H groups in total. The van der Waals surface area contributed by atoms with Gasteiger partial charge in [0.2, 0.25) is 11.8 Å². The highest BCUT2D eigenvalue weighted by Gasteiger charge is 2.55. The van der Waals surface area contributed by atoms with Crippen LogP contribution in [0.15, 0.2) is 18.2 Å². The molecular formula is C17H18ClFN4O3. The van der Waals surface area contributed by atoms with E-state index in [0.717, 1.165) is 6.07 Å². The summed E-state index contributed by atoms with van der Waals surface area (Å²) in [6, 6.07) is 1.52. The van der Waals surface area contributed by atoms with Gasteiger partial charge in [0.25, 0.3) is 5.91 Å². The number of amides is 3. The van der Waals surface area contributed by atoms with Crippen LogP contribution >= 0.6 is 11.6 Å². The summed E-state index contributed by atoms with van der Waals surface area (Å²) in [7, 11) is 0. The van der Waals surface area contributed by atoms with Gasteiger partial charge in [-0.25, -0.2) is 4.39 Å². The first-order valence-electron chi connectivity index (χ1n) is 8.51. The second-order valence-corrected chi connectivity index (χ2v) is 7.31. The molecule has 3 aliphatic heterocycles. The number of rotatable bonds is 2. The first-order chi connectivity index (χ1) is 12.4. The van der Waals surface area contributed by atoms with Crippen molar-refractivity contribution in [3.63, 3.8) is 0 Å². The standard InChI is InChI=1S/C17H18ClFN4O3/c18-9-7-8(1-2-10(9)19)15(24)21-12-4-6-23-14(12)17(26)22-5-3-11(20)13(22)16(23)25/h1-2,7,11-14H,3-6,20H2,(H,21,24). The molecule has 0 aromatic heterocycles. The van der Waals surface area contributed by atoms with Gasteiger partial charge < -0.3 is 20.9 Å². The zero-order valence-electron chi connectivity index (χ0n) is 13.8. The summed E-state index contributed by atoms with van der Waals surface area (Å²) < 4.78 is 13.3. The van der Waals surface area contributed by atoms with Crippen LogP contribution in [0.2, 0.25) is 5.02 Å². The van der Waals surface area contributed by atoms with Crippen LogP contribution in [0.4, 0.5) is 4.39 Å². The molecule has 0 radical (unpaired) electrons. The Hall–Kier alpha value is -2.19. The number of carbonyl (C=O) groups excluding carboxylic acids is 3. The van der Waals surface area contributed by atoms with E-state index < -0.39 is 29.8 Å². The number of carbonyl (C=O) groups is 3. The maximum atomic E-state index is 13.3. The predicted octanol–water partition coefficient (Wildman–Crippen LogP) is 0.120. The predicted molar refractivity (Wildman–Crippen MR) is 90.9 cm³/mol. The zero-order valence-corrected chi connectivity index (χ0v) is 14.6. The lowest BCUT2D eigenvalue weighted by molar-refractivity contribution is -0.157. The van der Waals surface area contributed by atoms with Crippen LogP contribution < -0.4 is 11.1 Å². The van der Waals surface area contributed by atoms with Crippen LogP contribution in [0.3, 0.4) is 0 Å². The summed E-state index contributed by atoms with van der Waals surface area (Å²) in [5, 5.41) is 2.64. The molecule has 26 heavy (non-hydrogen) atoms. The highest BCUT2D eigenvalue weighted by atomic mass is 35.5. The minimum atomic E-state index is -0.719. The summed E-state index contributed by atoms with van der Waals surface area (Å²) in [6.45, 7) is 0.844. The molecule has 0 bridgehead atoms. The van der Waals surface area contributed by atoms with E-state index in [0.29, 0.717) is 25.9 Å². The number of benzene rings is 1. The maximum Gasteiger partial charge on any atom is 0.251 e. The molecule has 0 aliphatic carbocycles. The Morgan fingerprint density at radius 1 is 1.15 bits per heavy atom. The lowest BCUT2D eigenvalue weighted by Crippen LogP contribution is -2.66. The second kappa shape index (κ2) is 6.21. The fourth-order valence-corrected chi connectivity index (χ4v) is 4.29. The number of fused-ring (bicyclic) bond motifs is 2. The Bertz CT molecular complexity index is 804. The van der Waals surface area contributed by atoms with Crippen molar-refractivity contribution in [3.05, 3.63) is 34.6 Å². The molecule has 4 rings (SSSR count). The minimum Gasteiger partial charge on any atom is -0.347 e. The molecule has 4 atom stereocenters. The van der Waals surface area contributed by atoms with E-state index in [2.05, 4.69) is 5.32 Å². The third-order valence-electron chi connectivity index (χ3n) is 5.41. The summed E-state index contributed by atoms with van der Waals surface area (Å²) in [4.78, 5) is 41.1. The lowest BCUT2D eigenvalue weighted by atomic mass is 10.0. The van der Waals surface area contributed by atoms with E-state index >= 15 is 0 Å². The molecule has 3 heterocycles. The number of nitrogens with zero attached hydrogens (tertiary/aromatic N) is 2. The van der Waals surface area contributed by atoms with Gasteiger partial charge in [0, 0.05) is 24.7 Å². The highest BCUT2D eigenvalue weighted by molar-refractivity contribution is 6.31. The Morgan fingerprint density at radius 2 is 1.81 bits per heavy atom. The molecular weight excluding hydrogens is 363 g/mol. The summed E-state index contributed by atoms with van der Waals surface area (Å²) >= 11 is 5.72. The van der Waals surface area contributed by atoms with Gasteiger partial charge in [0.05, 0.1) is 11.1 Å². The van der Waals surface area contributed by atoms with Crippen molar-refractivity contribution in [2.45, 2.75) is 37.0 Å². The van der Waals surface area contributed by atoms with Gasteiger partial charge in [0.15, 0.2) is 0 Å². The largest absolute Gasteiger partial charge is 0.347 e. The molecule has 9 heteroatoms. The normalized spacial score (nSPS) is 30.4. The molecule has 4 unspecified atom stereocenters. The monoisotopic (exact) mass is 380 g/mol. The van der Waals surface area contributed by atoms with E-state index in [9.17, 15) is 18.8 Å². The molecule has 3 saturated heterocycles. The highest BCUT2D eigenvalue weighted by Crippen LogP contribution is 2.32. The van der Waals surface area contributed by atoms with Gasteiger partial charge in [-0.2, -0.15) is 0 Å². The van der Waals surface area contributed by atoms with E-state index in [1.165, 1.54) is 21.9 Å². The Balaban J connectivity index is 1.54. The summed E-state index contributed by atoms with van der Waals surface area (Å²) in [5.41, 5.74) is 6.19. The van der Waals surface area contributed by atoms with Crippen LogP contribution in [-0.4, -0.2) is 64.8 Å². The van der Waals surface area contributed by atoms with Crippen molar-refractivity contribution in [1.82, 2.24) is 15.1 Å². The Kier molecular flexibility index (Phi) is 4.11. The Labute approximate surface area is 154 Å². The zero-order chi connectivity index (χ0) is 18.6. The molecule has 1 aromatic rings. The van der Waals surface area contributed by atoms with Gasteiger partial charge in [-0.05, 0) is 31.0 Å². The number of piperazine rings is 1.